The Balaban J connectivity index is 1.27. The van der Waals surface area contributed by atoms with E-state index in [9.17, 15) is 59.4 Å². The molecular formula is C26H22N6O12S4. The molecule has 0 saturated carbocycles. The number of thioether (sulfide) groups is 2. The van der Waals surface area contributed by atoms with Crippen LogP contribution in [-0.2, 0) is 19.2 Å². The van der Waals surface area contributed by atoms with Gasteiger partial charge in [0.25, 0.3) is 23.6 Å². The molecule has 4 rings (SSSR count). The summed E-state index contributed by atoms with van der Waals surface area (Å²) in [5, 5.41) is 56.9. The van der Waals surface area contributed by atoms with Gasteiger partial charge in [-0.1, -0.05) is 48.0 Å². The lowest BCUT2D eigenvalue weighted by atomic mass is 10.2. The smallest absolute Gasteiger partial charge is 0.269 e. The molecule has 0 unspecified atom stereocenters. The van der Waals surface area contributed by atoms with E-state index >= 15 is 0 Å². The van der Waals surface area contributed by atoms with Gasteiger partial charge in [0.1, 0.15) is 8.64 Å². The average Bonchev–Trinajstić information content (AvgIpc) is 3.48. The summed E-state index contributed by atoms with van der Waals surface area (Å²) >= 11 is 12.1. The molecule has 2 saturated heterocycles. The highest BCUT2D eigenvalue weighted by Crippen LogP contribution is 2.42. The zero-order valence-corrected chi connectivity index (χ0v) is 27.1. The molecule has 0 spiro atoms. The summed E-state index contributed by atoms with van der Waals surface area (Å²) in [4.78, 5) is 77.3. The number of hydrazine groups is 2. The molecule has 18 nitrogen and oxygen atoms in total. The minimum atomic E-state index is -0.930. The summed E-state index contributed by atoms with van der Waals surface area (Å²) in [6.07, 6.45) is -0.679. The molecule has 2 aromatic carbocycles. The molecule has 10 N–H and O–H groups in total. The van der Waals surface area contributed by atoms with Crippen LogP contribution in [0.15, 0.2) is 34.1 Å². The highest BCUT2D eigenvalue weighted by Gasteiger charge is 2.42. The fourth-order valence-corrected chi connectivity index (χ4v) is 6.65. The van der Waals surface area contributed by atoms with E-state index in [1.807, 2.05) is 10.9 Å². The number of hydrogen-bond donors (Lipinski definition) is 10. The van der Waals surface area contributed by atoms with E-state index in [1.165, 1.54) is 0 Å². The van der Waals surface area contributed by atoms with Crippen LogP contribution in [0, 0.1) is 0 Å². The Bertz CT molecular complexity index is 1660. The predicted molar refractivity (Wildman–Crippen MR) is 174 cm³/mol. The number of hydrogen-bond acceptors (Lipinski definition) is 16. The molecule has 0 radical (unpaired) electrons. The topological polar surface area (TPSA) is 278 Å². The second-order valence-corrected chi connectivity index (χ2v) is 12.8. The molecule has 0 aromatic heterocycles. The van der Waals surface area contributed by atoms with Gasteiger partial charge in [0.15, 0.2) is 34.5 Å². The van der Waals surface area contributed by atoms with Crippen LogP contribution in [0.25, 0.3) is 0 Å². The van der Waals surface area contributed by atoms with Crippen LogP contribution in [-0.4, -0.2) is 97.6 Å². The van der Waals surface area contributed by atoms with Crippen molar-refractivity contribution in [3.8, 4) is 34.5 Å². The molecule has 252 valence electrons. The van der Waals surface area contributed by atoms with Gasteiger partial charge in [0.2, 0.25) is 11.8 Å². The van der Waals surface area contributed by atoms with E-state index in [2.05, 4.69) is 10.9 Å². The molecule has 0 aliphatic carbocycles. The second kappa shape index (κ2) is 14.6. The van der Waals surface area contributed by atoms with Crippen LogP contribution < -0.4 is 21.7 Å². The van der Waals surface area contributed by atoms with Crippen molar-refractivity contribution in [3.63, 3.8) is 0 Å². The molecule has 2 aromatic rings. The van der Waals surface area contributed by atoms with E-state index in [4.69, 9.17) is 24.4 Å². The normalized spacial score (nSPS) is 15.9. The van der Waals surface area contributed by atoms with E-state index in [-0.39, 0.29) is 55.5 Å². The first kappa shape index (κ1) is 35.5. The zero-order chi connectivity index (χ0) is 35.4. The Morgan fingerprint density at radius 1 is 0.583 bits per heavy atom. The van der Waals surface area contributed by atoms with Gasteiger partial charge < -0.3 is 30.6 Å². The van der Waals surface area contributed by atoms with Crippen molar-refractivity contribution in [2.45, 2.75) is 12.8 Å². The van der Waals surface area contributed by atoms with Crippen molar-refractivity contribution >= 4 is 92.0 Å². The van der Waals surface area contributed by atoms with E-state index in [0.717, 1.165) is 57.6 Å². The monoisotopic (exact) mass is 738 g/mol. The van der Waals surface area contributed by atoms with Gasteiger partial charge in [0, 0.05) is 37.1 Å². The van der Waals surface area contributed by atoms with Crippen LogP contribution in [0.1, 0.15) is 33.6 Å². The number of phenols is 6. The van der Waals surface area contributed by atoms with Crippen LogP contribution >= 0.6 is 48.0 Å². The fraction of sp³-hybridized carbons (Fsp3) is 0.154. The largest absolute Gasteiger partial charge is 0.504 e. The van der Waals surface area contributed by atoms with Gasteiger partial charge in [-0.25, -0.2) is 0 Å². The molecule has 0 bridgehead atoms. The molecule has 2 aliphatic heterocycles. The van der Waals surface area contributed by atoms with Gasteiger partial charge >= 0.3 is 0 Å². The molecule has 2 heterocycles. The van der Waals surface area contributed by atoms with Crippen LogP contribution in [0.4, 0.5) is 0 Å². The number of aromatic hydroxyl groups is 6. The van der Waals surface area contributed by atoms with Crippen molar-refractivity contribution in [1.82, 2.24) is 31.5 Å². The van der Waals surface area contributed by atoms with Crippen molar-refractivity contribution in [2.75, 3.05) is 13.1 Å². The minimum Gasteiger partial charge on any atom is -0.504 e. The Morgan fingerprint density at radius 2 is 0.896 bits per heavy atom. The van der Waals surface area contributed by atoms with Crippen molar-refractivity contribution in [2.24, 2.45) is 0 Å². The van der Waals surface area contributed by atoms with E-state index in [0.29, 0.717) is 0 Å². The van der Waals surface area contributed by atoms with Crippen LogP contribution in [0.3, 0.4) is 0 Å². The maximum Gasteiger partial charge on any atom is 0.269 e. The predicted octanol–water partition coefficient (Wildman–Crippen LogP) is -0.145. The standard InChI is InChI=1S/C26H22N6O12S4/c33-11-5-9(6-12(34)17(11)39)21(41)29-27-15(37)1-3-31-23(43)19(47-25(31)45)20-24(44)32(26(46)48-20)4-2-16(38)28-30-22(42)10-7-13(35)18(40)14(36)8-10/h5-8,33-36,39-40H,1-4H2,(H,27,37)(H,28,38)(H,29,41)(H,30,42). The SMILES string of the molecule is O=C(CCN1C(=O)C(=C2SC(=S)N(CCC(=O)NNC(=O)c3cc(O)c(O)c(O)c3)C2=O)SC1=S)NNC(=O)c1cc(O)c(O)c(O)c1. The van der Waals surface area contributed by atoms with Gasteiger partial charge in [-0.3, -0.25) is 60.3 Å². The van der Waals surface area contributed by atoms with E-state index < -0.39 is 69.9 Å². The van der Waals surface area contributed by atoms with Crippen molar-refractivity contribution < 1.29 is 59.4 Å². The number of nitrogens with one attached hydrogen (secondary N) is 4. The molecule has 48 heavy (non-hydrogen) atoms. The van der Waals surface area contributed by atoms with Gasteiger partial charge in [-0.05, 0) is 24.3 Å². The molecule has 0 atom stereocenters. The summed E-state index contributed by atoms with van der Waals surface area (Å²) in [7, 11) is 0. The summed E-state index contributed by atoms with van der Waals surface area (Å²) < 4.78 is 0.0788. The summed E-state index contributed by atoms with van der Waals surface area (Å²) in [5.41, 5.74) is 7.73. The number of phenolic OH excluding ortho intramolecular Hbond substituents is 6. The molecule has 2 fully saturated rings. The fourth-order valence-electron chi connectivity index (χ4n) is 3.88. The van der Waals surface area contributed by atoms with Crippen LogP contribution in [0.2, 0.25) is 0 Å². The number of benzene rings is 2. The maximum atomic E-state index is 13.1. The first-order chi connectivity index (χ1) is 22.6. The first-order valence-electron chi connectivity index (χ1n) is 13.1. The van der Waals surface area contributed by atoms with Crippen molar-refractivity contribution in [3.05, 3.63) is 45.2 Å². The highest BCUT2D eigenvalue weighted by molar-refractivity contribution is 8.29. The van der Waals surface area contributed by atoms with Crippen LogP contribution in [0.5, 0.6) is 34.5 Å². The Hall–Kier alpha value is -5.32. The lowest BCUT2D eigenvalue weighted by Crippen LogP contribution is -2.43. The molecule has 2 aliphatic rings. The average molecular weight is 739 g/mol. The summed E-state index contributed by atoms with van der Waals surface area (Å²) in [6.45, 7) is -0.460. The highest BCUT2D eigenvalue weighted by atomic mass is 32.2. The molecule has 22 heteroatoms. The number of thiocarbonyl (C=S) groups is 2. The zero-order valence-electron chi connectivity index (χ0n) is 23.8. The first-order valence-corrected chi connectivity index (χ1v) is 15.5. The number of carbonyl (C=O) groups is 6. The third-order valence-corrected chi connectivity index (χ3v) is 9.35. The maximum absolute atomic E-state index is 13.1. The Labute approximate surface area is 287 Å². The number of nitrogens with zero attached hydrogens (tertiary/aromatic N) is 2. The quantitative estimate of drug-likeness (QED) is 0.0730. The lowest BCUT2D eigenvalue weighted by molar-refractivity contribution is -0.126. The molecular weight excluding hydrogens is 717 g/mol. The van der Waals surface area contributed by atoms with Gasteiger partial charge in [-0.15, -0.1) is 0 Å². The summed E-state index contributed by atoms with van der Waals surface area (Å²) in [6, 6.07) is 3.43. The van der Waals surface area contributed by atoms with Crippen molar-refractivity contribution in [1.29, 1.82) is 0 Å². The second-order valence-electron chi connectivity index (χ2n) is 9.54. The third-order valence-electron chi connectivity index (χ3n) is 6.32. The molecule has 6 amide bonds. The summed E-state index contributed by atoms with van der Waals surface area (Å²) in [5.74, 6) is -9.41. The number of amides is 6. The minimum absolute atomic E-state index is 0.0394. The number of rotatable bonds is 8. The third kappa shape index (κ3) is 7.79. The number of carbonyl (C=O) groups excluding carboxylic acids is 6. The van der Waals surface area contributed by atoms with Gasteiger partial charge in [0.05, 0.1) is 9.81 Å². The van der Waals surface area contributed by atoms with Gasteiger partial charge in [-0.2, -0.15) is 0 Å². The Morgan fingerprint density at radius 3 is 1.21 bits per heavy atom. The Kier molecular flexibility index (Phi) is 10.8. The lowest BCUT2D eigenvalue weighted by Gasteiger charge is -2.15. The van der Waals surface area contributed by atoms with E-state index in [1.54, 1.807) is 0 Å².